The maximum Gasteiger partial charge on any atom is 0.356 e. The quantitative estimate of drug-likeness (QED) is 0.666. The van der Waals surface area contributed by atoms with E-state index in [4.69, 9.17) is 0 Å². The molecule has 1 aliphatic heterocycles. The van der Waals surface area contributed by atoms with Gasteiger partial charge in [-0.15, -0.1) is 0 Å². The van der Waals surface area contributed by atoms with Crippen LogP contribution < -0.4 is 0 Å². The molecular formula is C6H11F2NO2S. The molecule has 6 heteroatoms. The molecule has 0 N–H and O–H groups in total. The predicted octanol–water partition coefficient (Wildman–Crippen LogP) is 1.02. The van der Waals surface area contributed by atoms with Crippen LogP contribution in [0.25, 0.3) is 0 Å². The molecule has 72 valence electrons. The van der Waals surface area contributed by atoms with Crippen LogP contribution in [0.5, 0.6) is 0 Å². The largest absolute Gasteiger partial charge is 0.356 e. The summed E-state index contributed by atoms with van der Waals surface area (Å²) in [5, 5.41) is -3.64. The van der Waals surface area contributed by atoms with Gasteiger partial charge in [-0.3, -0.25) is 0 Å². The lowest BCUT2D eigenvalue weighted by atomic mass is 10.4. The zero-order valence-electron chi connectivity index (χ0n) is 6.76. The van der Waals surface area contributed by atoms with Crippen molar-refractivity contribution in [3.63, 3.8) is 0 Å². The number of hydrogen-bond donors (Lipinski definition) is 0. The first kappa shape index (κ1) is 9.85. The molecule has 3 nitrogen and oxygen atoms in total. The van der Waals surface area contributed by atoms with Crippen LogP contribution in [0.15, 0.2) is 0 Å². The van der Waals surface area contributed by atoms with E-state index < -0.39 is 15.3 Å². The molecule has 1 fully saturated rings. The van der Waals surface area contributed by atoms with Crippen molar-refractivity contribution in [2.75, 3.05) is 13.1 Å². The summed E-state index contributed by atoms with van der Waals surface area (Å²) in [6.07, 6.45) is 1.35. The Labute approximate surface area is 70.4 Å². The maximum absolute atomic E-state index is 12.5. The topological polar surface area (TPSA) is 37.4 Å². The van der Waals surface area contributed by atoms with E-state index >= 15 is 0 Å². The number of sulfonamides is 1. The van der Waals surface area contributed by atoms with Crippen LogP contribution in [-0.2, 0) is 10.0 Å². The number of hydrogen-bond acceptors (Lipinski definition) is 2. The molecule has 0 aromatic heterocycles. The zero-order chi connectivity index (χ0) is 9.41. The van der Waals surface area contributed by atoms with Gasteiger partial charge in [-0.25, -0.2) is 8.42 Å². The minimum absolute atomic E-state index is 0.228. The van der Waals surface area contributed by atoms with E-state index in [1.165, 1.54) is 0 Å². The fourth-order valence-electron chi connectivity index (χ4n) is 1.16. The lowest BCUT2D eigenvalue weighted by molar-refractivity contribution is 0.106. The van der Waals surface area contributed by atoms with Gasteiger partial charge in [-0.1, -0.05) is 0 Å². The van der Waals surface area contributed by atoms with Gasteiger partial charge >= 0.3 is 5.25 Å². The molecule has 0 spiro atoms. The first-order chi connectivity index (χ1) is 5.36. The van der Waals surface area contributed by atoms with Crippen molar-refractivity contribution >= 4 is 10.0 Å². The van der Waals surface area contributed by atoms with E-state index in [1.807, 2.05) is 0 Å². The van der Waals surface area contributed by atoms with Gasteiger partial charge in [0.2, 0.25) is 0 Å². The number of nitrogens with zero attached hydrogens (tertiary/aromatic N) is 1. The van der Waals surface area contributed by atoms with Crippen LogP contribution in [0.3, 0.4) is 0 Å². The second-order valence-corrected chi connectivity index (χ2v) is 5.10. The smallest absolute Gasteiger partial charge is 0.206 e. The SMILES string of the molecule is CC(F)(F)S(=O)(=O)N1CCCC1. The van der Waals surface area contributed by atoms with E-state index in [1.54, 1.807) is 0 Å². The maximum atomic E-state index is 12.5. The summed E-state index contributed by atoms with van der Waals surface area (Å²) in [6, 6.07) is 0. The number of alkyl halides is 2. The third-order valence-corrected chi connectivity index (χ3v) is 3.81. The zero-order valence-corrected chi connectivity index (χ0v) is 7.57. The Morgan fingerprint density at radius 3 is 2.00 bits per heavy atom. The van der Waals surface area contributed by atoms with Crippen molar-refractivity contribution in [1.82, 2.24) is 4.31 Å². The van der Waals surface area contributed by atoms with Crippen LogP contribution in [-0.4, -0.2) is 31.1 Å². The lowest BCUT2D eigenvalue weighted by Crippen LogP contribution is -2.39. The Morgan fingerprint density at radius 2 is 1.67 bits per heavy atom. The molecule has 0 radical (unpaired) electrons. The summed E-state index contributed by atoms with van der Waals surface area (Å²) < 4.78 is 48.0. The molecule has 0 atom stereocenters. The third-order valence-electron chi connectivity index (χ3n) is 1.86. The summed E-state index contributed by atoms with van der Waals surface area (Å²) in [5.74, 6) is 0. The molecule has 0 aromatic rings. The minimum Gasteiger partial charge on any atom is -0.206 e. The average molecular weight is 199 g/mol. The molecule has 0 unspecified atom stereocenters. The fraction of sp³-hybridized carbons (Fsp3) is 1.00. The van der Waals surface area contributed by atoms with Crippen LogP contribution >= 0.6 is 0 Å². The standard InChI is InChI=1S/C6H11F2NO2S/c1-6(7,8)12(10,11)9-4-2-3-5-9/h2-5H2,1H3. The van der Waals surface area contributed by atoms with Crippen molar-refractivity contribution in [2.24, 2.45) is 0 Å². The van der Waals surface area contributed by atoms with E-state index in [0.29, 0.717) is 19.8 Å². The highest BCUT2D eigenvalue weighted by Gasteiger charge is 2.44. The molecule has 0 aromatic carbocycles. The van der Waals surface area contributed by atoms with Crippen molar-refractivity contribution in [3.8, 4) is 0 Å². The Bertz CT molecular complexity index is 251. The van der Waals surface area contributed by atoms with Crippen LogP contribution in [0.4, 0.5) is 8.78 Å². The lowest BCUT2D eigenvalue weighted by Gasteiger charge is -2.19. The highest BCUT2D eigenvalue weighted by molar-refractivity contribution is 7.90. The van der Waals surface area contributed by atoms with Gasteiger partial charge < -0.3 is 0 Å². The monoisotopic (exact) mass is 199 g/mol. The predicted molar refractivity (Wildman–Crippen MR) is 40.3 cm³/mol. The molecule has 12 heavy (non-hydrogen) atoms. The second-order valence-electron chi connectivity index (χ2n) is 2.92. The number of rotatable bonds is 2. The van der Waals surface area contributed by atoms with Gasteiger partial charge in [0, 0.05) is 20.0 Å². The van der Waals surface area contributed by atoms with Crippen molar-refractivity contribution in [3.05, 3.63) is 0 Å². The second kappa shape index (κ2) is 2.92. The van der Waals surface area contributed by atoms with Gasteiger partial charge in [-0.2, -0.15) is 13.1 Å². The number of halogens is 2. The summed E-state index contributed by atoms with van der Waals surface area (Å²) in [7, 11) is -4.38. The van der Waals surface area contributed by atoms with Gasteiger partial charge in [0.1, 0.15) is 0 Å². The van der Waals surface area contributed by atoms with Crippen molar-refractivity contribution < 1.29 is 17.2 Å². The summed E-state index contributed by atoms with van der Waals surface area (Å²) in [4.78, 5) is 0. The average Bonchev–Trinajstić information content (AvgIpc) is 2.34. The first-order valence-corrected chi connectivity index (χ1v) is 5.17. The van der Waals surface area contributed by atoms with E-state index in [0.717, 1.165) is 4.31 Å². The van der Waals surface area contributed by atoms with E-state index in [9.17, 15) is 17.2 Å². The normalized spacial score (nSPS) is 21.6. The molecule has 1 aliphatic rings. The first-order valence-electron chi connectivity index (χ1n) is 3.73. The Balaban J connectivity index is 2.85. The highest BCUT2D eigenvalue weighted by Crippen LogP contribution is 2.27. The van der Waals surface area contributed by atoms with E-state index in [2.05, 4.69) is 0 Å². The molecule has 0 saturated carbocycles. The van der Waals surface area contributed by atoms with Gasteiger partial charge in [-0.05, 0) is 12.8 Å². The molecule has 0 aliphatic carbocycles. The molecule has 1 saturated heterocycles. The summed E-state index contributed by atoms with van der Waals surface area (Å²) >= 11 is 0. The third kappa shape index (κ3) is 1.59. The molecule has 0 bridgehead atoms. The summed E-state index contributed by atoms with van der Waals surface area (Å²) in [6.45, 7) is 0.873. The van der Waals surface area contributed by atoms with Crippen molar-refractivity contribution in [2.45, 2.75) is 25.0 Å². The van der Waals surface area contributed by atoms with Gasteiger partial charge in [0.15, 0.2) is 0 Å². The van der Waals surface area contributed by atoms with Crippen LogP contribution in [0.1, 0.15) is 19.8 Å². The molecular weight excluding hydrogens is 188 g/mol. The van der Waals surface area contributed by atoms with Crippen LogP contribution in [0, 0.1) is 0 Å². The Kier molecular flexibility index (Phi) is 2.40. The highest BCUT2D eigenvalue weighted by atomic mass is 32.2. The van der Waals surface area contributed by atoms with Gasteiger partial charge in [0.25, 0.3) is 10.0 Å². The molecule has 1 rings (SSSR count). The van der Waals surface area contributed by atoms with E-state index in [-0.39, 0.29) is 13.1 Å². The Morgan fingerprint density at radius 1 is 1.25 bits per heavy atom. The fourth-order valence-corrected chi connectivity index (χ4v) is 2.35. The van der Waals surface area contributed by atoms with Crippen LogP contribution in [0.2, 0.25) is 0 Å². The summed E-state index contributed by atoms with van der Waals surface area (Å²) in [5.41, 5.74) is 0. The van der Waals surface area contributed by atoms with Gasteiger partial charge in [0.05, 0.1) is 0 Å². The minimum atomic E-state index is -4.38. The molecule has 0 amide bonds. The van der Waals surface area contributed by atoms with Crippen molar-refractivity contribution in [1.29, 1.82) is 0 Å². The Hall–Kier alpha value is -0.230. The molecule has 1 heterocycles.